The average molecular weight is 1040 g/mol. The molecule has 2 aliphatic heterocycles. The Bertz CT molecular complexity index is 2610. The molecule has 6 heteroatoms. The van der Waals surface area contributed by atoms with Crippen LogP contribution in [0, 0.1) is 3.57 Å². The van der Waals surface area contributed by atoms with Crippen molar-refractivity contribution in [2.24, 2.45) is 0 Å². The molecule has 0 unspecified atom stereocenters. The minimum Gasteiger partial charge on any atom is -0.344 e. The number of hydrogen-bond donors (Lipinski definition) is 0. The van der Waals surface area contributed by atoms with E-state index in [1.807, 2.05) is 11.8 Å². The highest BCUT2D eigenvalue weighted by Gasteiger charge is 2.46. The summed E-state index contributed by atoms with van der Waals surface area (Å²) in [5.41, 5.74) is 11.0. The second-order valence-corrected chi connectivity index (χ2v) is 21.5. The van der Waals surface area contributed by atoms with Crippen molar-refractivity contribution >= 4 is 105 Å². The monoisotopic (exact) mass is 1040 g/mol. The Kier molecular flexibility index (Phi) is 12.9. The van der Waals surface area contributed by atoms with Gasteiger partial charge in [-0.3, -0.25) is 0 Å². The smallest absolute Gasteiger partial charge is 0.210 e. The van der Waals surface area contributed by atoms with Crippen LogP contribution in [0.5, 0.6) is 0 Å². The Hall–Kier alpha value is -2.91. The van der Waals surface area contributed by atoms with E-state index in [-0.39, 0.29) is 10.8 Å². The number of thioether (sulfide) groups is 1. The van der Waals surface area contributed by atoms with E-state index >= 15 is 0 Å². The third-order valence-electron chi connectivity index (χ3n) is 12.8. The van der Waals surface area contributed by atoms with E-state index in [4.69, 9.17) is 0 Å². The number of rotatable bonds is 13. The van der Waals surface area contributed by atoms with Crippen molar-refractivity contribution in [3.63, 3.8) is 0 Å². The molecule has 5 aromatic carbocycles. The fourth-order valence-corrected chi connectivity index (χ4v) is 12.4. The second-order valence-electron chi connectivity index (χ2n) is 17.5. The molecule has 0 atom stereocenters. The van der Waals surface area contributed by atoms with Crippen molar-refractivity contribution in [3.05, 3.63) is 155 Å². The standard InChI is InChI=1S/C53H56Br2IN2S/c1-7-9-13-31-57-44-27-19-37-33-39(54)23-25-41(37)49(44)52(3,4)47(57)29-21-35-17-18-36(51(35)59-46-16-12-11-15-43(46)56)22-30-48-53(5,6)50-42-26-24-40(55)34-38(42)20-28-45(50)58(48)32-14-10-8-2/h11-12,15-16,19-30,33-34H,7-10,13-14,17-18,31-32H2,1-6H3/q+1. The van der Waals surface area contributed by atoms with Gasteiger partial charge in [0.15, 0.2) is 5.71 Å². The summed E-state index contributed by atoms with van der Waals surface area (Å²) in [6, 6.07) is 31.8. The molecule has 59 heavy (non-hydrogen) atoms. The Morgan fingerprint density at radius 3 is 2.12 bits per heavy atom. The summed E-state index contributed by atoms with van der Waals surface area (Å²) >= 11 is 11.9. The fraction of sp³-hybridized carbons (Fsp3) is 0.340. The number of hydrogen-bond acceptors (Lipinski definition) is 2. The van der Waals surface area contributed by atoms with E-state index in [2.05, 4.69) is 215 Å². The highest BCUT2D eigenvalue weighted by atomic mass is 127. The normalized spacial score (nSPS) is 18.5. The van der Waals surface area contributed by atoms with E-state index < -0.39 is 0 Å². The van der Waals surface area contributed by atoms with Crippen LogP contribution in [0.1, 0.15) is 104 Å². The molecule has 0 spiro atoms. The molecular weight excluding hydrogens is 983 g/mol. The maximum Gasteiger partial charge on any atom is 0.210 e. The predicted octanol–water partition coefficient (Wildman–Crippen LogP) is 16.9. The molecule has 0 N–H and O–H groups in total. The van der Waals surface area contributed by atoms with Crippen LogP contribution in [0.15, 0.2) is 145 Å². The summed E-state index contributed by atoms with van der Waals surface area (Å²) < 4.78 is 6.19. The summed E-state index contributed by atoms with van der Waals surface area (Å²) in [5, 5.41) is 5.30. The molecule has 5 aromatic rings. The van der Waals surface area contributed by atoms with Gasteiger partial charge in [-0.2, -0.15) is 4.58 Å². The van der Waals surface area contributed by atoms with Crippen LogP contribution in [-0.4, -0.2) is 23.4 Å². The Balaban J connectivity index is 1.23. The molecule has 2 heterocycles. The van der Waals surface area contributed by atoms with E-state index in [0.29, 0.717) is 0 Å². The van der Waals surface area contributed by atoms with Gasteiger partial charge in [0, 0.05) is 69.8 Å². The number of nitrogens with zero attached hydrogens (tertiary/aromatic N) is 2. The molecule has 2 nitrogen and oxygen atoms in total. The first kappa shape index (κ1) is 42.8. The lowest BCUT2D eigenvalue weighted by Gasteiger charge is -2.27. The van der Waals surface area contributed by atoms with Gasteiger partial charge in [0.2, 0.25) is 5.69 Å². The van der Waals surface area contributed by atoms with Crippen molar-refractivity contribution in [1.29, 1.82) is 0 Å². The average Bonchev–Trinajstić information content (AvgIpc) is 3.77. The zero-order valence-electron chi connectivity index (χ0n) is 35.4. The molecule has 0 saturated heterocycles. The topological polar surface area (TPSA) is 6.25 Å². The molecule has 0 bridgehead atoms. The van der Waals surface area contributed by atoms with Crippen molar-refractivity contribution < 1.29 is 4.58 Å². The van der Waals surface area contributed by atoms with E-state index in [9.17, 15) is 0 Å². The Labute approximate surface area is 387 Å². The van der Waals surface area contributed by atoms with Crippen LogP contribution < -0.4 is 4.90 Å². The first-order valence-electron chi connectivity index (χ1n) is 21.6. The molecular formula is C53H56Br2IN2S+. The maximum atomic E-state index is 3.73. The molecule has 0 saturated carbocycles. The van der Waals surface area contributed by atoms with Gasteiger partial charge < -0.3 is 4.90 Å². The zero-order chi connectivity index (χ0) is 41.5. The quantitative estimate of drug-likeness (QED) is 0.0659. The molecule has 8 rings (SSSR count). The van der Waals surface area contributed by atoms with Gasteiger partial charge in [-0.1, -0.05) is 133 Å². The van der Waals surface area contributed by atoms with Crippen molar-refractivity contribution in [2.45, 2.75) is 109 Å². The van der Waals surface area contributed by atoms with Gasteiger partial charge in [0.1, 0.15) is 6.54 Å². The van der Waals surface area contributed by atoms with Crippen LogP contribution in [0.4, 0.5) is 11.4 Å². The molecule has 3 aliphatic rings. The summed E-state index contributed by atoms with van der Waals surface area (Å²) in [6.45, 7) is 16.4. The van der Waals surface area contributed by atoms with Gasteiger partial charge in [0.25, 0.3) is 0 Å². The lowest BCUT2D eigenvalue weighted by atomic mass is 9.79. The first-order chi connectivity index (χ1) is 28.4. The lowest BCUT2D eigenvalue weighted by Crippen LogP contribution is -2.28. The number of anilines is 1. The van der Waals surface area contributed by atoms with E-state index in [1.54, 1.807) is 0 Å². The third kappa shape index (κ3) is 8.26. The van der Waals surface area contributed by atoms with Crippen molar-refractivity contribution in [3.8, 4) is 0 Å². The Morgan fingerprint density at radius 1 is 0.729 bits per heavy atom. The summed E-state index contributed by atoms with van der Waals surface area (Å²) in [4.78, 5) is 5.37. The summed E-state index contributed by atoms with van der Waals surface area (Å²) in [6.07, 6.45) is 19.3. The molecule has 0 fully saturated rings. The fourth-order valence-electron chi connectivity index (χ4n) is 9.80. The van der Waals surface area contributed by atoms with Gasteiger partial charge in [-0.15, -0.1) is 0 Å². The lowest BCUT2D eigenvalue weighted by molar-refractivity contribution is -0.438. The predicted molar refractivity (Wildman–Crippen MR) is 272 cm³/mol. The highest BCUT2D eigenvalue weighted by Crippen LogP contribution is 2.52. The number of fused-ring (bicyclic) bond motifs is 6. The maximum absolute atomic E-state index is 3.73. The van der Waals surface area contributed by atoms with Crippen molar-refractivity contribution in [2.75, 3.05) is 18.0 Å². The zero-order valence-corrected chi connectivity index (χ0v) is 41.5. The summed E-state index contributed by atoms with van der Waals surface area (Å²) in [7, 11) is 0. The number of halogens is 3. The van der Waals surface area contributed by atoms with Crippen molar-refractivity contribution in [1.82, 2.24) is 0 Å². The van der Waals surface area contributed by atoms with E-state index in [1.165, 1.54) is 118 Å². The number of benzene rings is 5. The number of allylic oxidation sites excluding steroid dienone is 7. The van der Waals surface area contributed by atoms with Gasteiger partial charge in [-0.25, -0.2) is 0 Å². The van der Waals surface area contributed by atoms with Crippen LogP contribution >= 0.6 is 66.2 Å². The minimum absolute atomic E-state index is 0.139. The van der Waals surface area contributed by atoms with Crippen LogP contribution in [0.2, 0.25) is 0 Å². The Morgan fingerprint density at radius 2 is 1.41 bits per heavy atom. The van der Waals surface area contributed by atoms with Crippen LogP contribution in [-0.2, 0) is 10.8 Å². The summed E-state index contributed by atoms with van der Waals surface area (Å²) in [5.74, 6) is 0. The molecule has 0 amide bonds. The van der Waals surface area contributed by atoms with Crippen LogP contribution in [0.25, 0.3) is 21.5 Å². The molecule has 0 radical (unpaired) electrons. The number of unbranched alkanes of at least 4 members (excludes halogenated alkanes) is 4. The van der Waals surface area contributed by atoms with E-state index in [0.717, 1.165) is 34.9 Å². The van der Waals surface area contributed by atoms with Crippen LogP contribution in [0.3, 0.4) is 0 Å². The minimum atomic E-state index is -0.139. The highest BCUT2D eigenvalue weighted by molar-refractivity contribution is 14.1. The second kappa shape index (κ2) is 17.8. The van der Waals surface area contributed by atoms with Gasteiger partial charge in [0.05, 0.1) is 5.41 Å². The molecule has 0 aromatic heterocycles. The first-order valence-corrected chi connectivity index (χ1v) is 25.1. The SMILES string of the molecule is CCCCCN1/C(=C/C=C2\CCC(/C=C/C3=[N+](CCCCC)c4ccc5cc(Br)ccc5c4C3(C)C)=C2Sc2ccccc2I)C(C)(C)c2c1ccc1cc(Br)ccc21. The molecule has 1 aliphatic carbocycles. The van der Waals surface area contributed by atoms with Gasteiger partial charge in [-0.05, 0) is 155 Å². The third-order valence-corrected chi connectivity index (χ3v) is 16.4. The molecule has 304 valence electrons. The van der Waals surface area contributed by atoms with Gasteiger partial charge >= 0.3 is 0 Å². The largest absolute Gasteiger partial charge is 0.344 e.